The van der Waals surface area contributed by atoms with Crippen LogP contribution in [0.4, 0.5) is 0 Å². The van der Waals surface area contributed by atoms with Gasteiger partial charge >= 0.3 is 0 Å². The molecule has 1 aliphatic carbocycles. The molecule has 1 N–H and O–H groups in total. The fourth-order valence-corrected chi connectivity index (χ4v) is 2.17. The molecule has 0 aromatic heterocycles. The second kappa shape index (κ2) is 5.67. The average Bonchev–Trinajstić information content (AvgIpc) is 2.16. The van der Waals surface area contributed by atoms with Crippen molar-refractivity contribution in [2.24, 2.45) is 11.8 Å². The molecule has 1 heteroatoms. The molecule has 0 heterocycles. The van der Waals surface area contributed by atoms with E-state index in [1.165, 1.54) is 18.4 Å². The van der Waals surface area contributed by atoms with Crippen LogP contribution in [-0.4, -0.2) is 10.7 Å². The minimum Gasteiger partial charge on any atom is -0.386 e. The van der Waals surface area contributed by atoms with Crippen LogP contribution < -0.4 is 0 Å². The van der Waals surface area contributed by atoms with Crippen LogP contribution in [0.1, 0.15) is 53.4 Å². The van der Waals surface area contributed by atoms with Crippen molar-refractivity contribution in [3.63, 3.8) is 0 Å². The predicted molar refractivity (Wildman–Crippen MR) is 70.3 cm³/mol. The van der Waals surface area contributed by atoms with Gasteiger partial charge in [0.2, 0.25) is 0 Å². The van der Waals surface area contributed by atoms with Gasteiger partial charge in [-0.3, -0.25) is 0 Å². The summed E-state index contributed by atoms with van der Waals surface area (Å²) in [6.45, 7) is 8.63. The van der Waals surface area contributed by atoms with Gasteiger partial charge < -0.3 is 5.11 Å². The average molecular weight is 222 g/mol. The maximum absolute atomic E-state index is 10.2. The van der Waals surface area contributed by atoms with E-state index in [2.05, 4.69) is 32.9 Å². The Morgan fingerprint density at radius 1 is 1.44 bits per heavy atom. The fraction of sp³-hybridized carbons (Fsp3) is 0.733. The minimum absolute atomic E-state index is 0.591. The molecule has 1 rings (SSSR count). The zero-order chi connectivity index (χ0) is 12.2. The summed E-state index contributed by atoms with van der Waals surface area (Å²) in [5.41, 5.74) is 0.832. The van der Waals surface area contributed by atoms with Crippen molar-refractivity contribution in [1.82, 2.24) is 0 Å². The Kier molecular flexibility index (Phi) is 4.79. The van der Waals surface area contributed by atoms with Gasteiger partial charge in [-0.2, -0.15) is 0 Å². The third-order valence-corrected chi connectivity index (χ3v) is 3.57. The third kappa shape index (κ3) is 4.52. The third-order valence-electron chi connectivity index (χ3n) is 3.57. The number of hydrogen-bond donors (Lipinski definition) is 1. The Morgan fingerprint density at radius 2 is 2.12 bits per heavy atom. The molecule has 0 bridgehead atoms. The molecule has 0 spiro atoms. The van der Waals surface area contributed by atoms with Gasteiger partial charge in [-0.25, -0.2) is 0 Å². The quantitative estimate of drug-likeness (QED) is 0.663. The van der Waals surface area contributed by atoms with Crippen molar-refractivity contribution in [3.8, 4) is 0 Å². The molecule has 1 nitrogen and oxygen atoms in total. The predicted octanol–water partition coefficient (Wildman–Crippen LogP) is 4.09. The van der Waals surface area contributed by atoms with Gasteiger partial charge in [-0.05, 0) is 51.4 Å². The molecule has 0 saturated carbocycles. The topological polar surface area (TPSA) is 20.2 Å². The van der Waals surface area contributed by atoms with E-state index in [0.717, 1.165) is 12.8 Å². The molecule has 0 aliphatic heterocycles. The molecule has 0 amide bonds. The van der Waals surface area contributed by atoms with Crippen LogP contribution in [0.3, 0.4) is 0 Å². The van der Waals surface area contributed by atoms with E-state index in [1.54, 1.807) is 0 Å². The SMILES string of the molecule is CC1=CCC[C@](C)(O)C=C[C@H](C(C)C)CC1. The second-order valence-electron chi connectivity index (χ2n) is 5.75. The minimum atomic E-state index is -0.638. The molecule has 0 aromatic carbocycles. The zero-order valence-electron chi connectivity index (χ0n) is 11.2. The van der Waals surface area contributed by atoms with Crippen LogP contribution in [0.15, 0.2) is 23.8 Å². The molecular weight excluding hydrogens is 196 g/mol. The van der Waals surface area contributed by atoms with Crippen LogP contribution in [0.2, 0.25) is 0 Å². The van der Waals surface area contributed by atoms with E-state index in [9.17, 15) is 5.11 Å². The van der Waals surface area contributed by atoms with Crippen molar-refractivity contribution in [2.45, 2.75) is 59.0 Å². The fourth-order valence-electron chi connectivity index (χ4n) is 2.17. The van der Waals surface area contributed by atoms with Crippen molar-refractivity contribution in [2.75, 3.05) is 0 Å². The van der Waals surface area contributed by atoms with Crippen molar-refractivity contribution >= 4 is 0 Å². The zero-order valence-corrected chi connectivity index (χ0v) is 11.2. The summed E-state index contributed by atoms with van der Waals surface area (Å²) in [4.78, 5) is 0. The Bertz CT molecular complexity index is 271. The maximum atomic E-state index is 10.2. The largest absolute Gasteiger partial charge is 0.386 e. The monoisotopic (exact) mass is 222 g/mol. The molecule has 0 fully saturated rings. The van der Waals surface area contributed by atoms with Gasteiger partial charge in [-0.1, -0.05) is 37.6 Å². The van der Waals surface area contributed by atoms with Crippen LogP contribution in [0.25, 0.3) is 0 Å². The highest BCUT2D eigenvalue weighted by Gasteiger charge is 2.18. The molecule has 16 heavy (non-hydrogen) atoms. The van der Waals surface area contributed by atoms with Crippen molar-refractivity contribution in [1.29, 1.82) is 0 Å². The van der Waals surface area contributed by atoms with E-state index < -0.39 is 5.60 Å². The van der Waals surface area contributed by atoms with E-state index in [-0.39, 0.29) is 0 Å². The molecule has 0 radical (unpaired) electrons. The highest BCUT2D eigenvalue weighted by molar-refractivity contribution is 5.07. The van der Waals surface area contributed by atoms with Gasteiger partial charge in [0.1, 0.15) is 0 Å². The van der Waals surface area contributed by atoms with E-state index in [1.807, 2.05) is 13.0 Å². The summed E-state index contributed by atoms with van der Waals surface area (Å²) in [7, 11) is 0. The lowest BCUT2D eigenvalue weighted by Gasteiger charge is -2.23. The lowest BCUT2D eigenvalue weighted by atomic mass is 9.86. The first-order chi connectivity index (χ1) is 7.41. The second-order valence-corrected chi connectivity index (χ2v) is 5.75. The Labute approximate surface area is 100 Å². The smallest absolute Gasteiger partial charge is 0.0802 e. The summed E-state index contributed by atoms with van der Waals surface area (Å²) >= 11 is 0. The molecule has 0 aromatic rings. The lowest BCUT2D eigenvalue weighted by molar-refractivity contribution is 0.102. The molecule has 0 saturated heterocycles. The highest BCUT2D eigenvalue weighted by atomic mass is 16.3. The lowest BCUT2D eigenvalue weighted by Crippen LogP contribution is -2.21. The summed E-state index contributed by atoms with van der Waals surface area (Å²) in [5.74, 6) is 1.24. The molecule has 92 valence electrons. The summed E-state index contributed by atoms with van der Waals surface area (Å²) in [6.07, 6.45) is 10.7. The number of allylic oxidation sites excluding steroid dienone is 3. The number of aliphatic hydroxyl groups is 1. The van der Waals surface area contributed by atoms with Crippen LogP contribution in [0, 0.1) is 11.8 Å². The summed E-state index contributed by atoms with van der Waals surface area (Å²) < 4.78 is 0. The van der Waals surface area contributed by atoms with Gasteiger partial charge in [0, 0.05) is 0 Å². The molecule has 1 aliphatic rings. The van der Waals surface area contributed by atoms with E-state index >= 15 is 0 Å². The summed E-state index contributed by atoms with van der Waals surface area (Å²) in [5, 5.41) is 10.2. The van der Waals surface area contributed by atoms with Crippen LogP contribution in [-0.2, 0) is 0 Å². The van der Waals surface area contributed by atoms with Crippen LogP contribution in [0.5, 0.6) is 0 Å². The standard InChI is InChI=1S/C15H26O/c1-12(2)14-8-7-13(3)6-5-10-15(4,16)11-9-14/h6,9,11-12,14,16H,5,7-8,10H2,1-4H3/t14-,15+/m1/s1. The van der Waals surface area contributed by atoms with Crippen molar-refractivity contribution in [3.05, 3.63) is 23.8 Å². The van der Waals surface area contributed by atoms with Gasteiger partial charge in [0.15, 0.2) is 0 Å². The Morgan fingerprint density at radius 3 is 2.75 bits per heavy atom. The van der Waals surface area contributed by atoms with Gasteiger partial charge in [0.25, 0.3) is 0 Å². The molecular formula is C15H26O. The Hall–Kier alpha value is -0.560. The molecule has 2 atom stereocenters. The number of rotatable bonds is 1. The molecule has 0 unspecified atom stereocenters. The maximum Gasteiger partial charge on any atom is 0.0802 e. The van der Waals surface area contributed by atoms with Gasteiger partial charge in [-0.15, -0.1) is 0 Å². The first-order valence-electron chi connectivity index (χ1n) is 6.48. The number of hydrogen-bond acceptors (Lipinski definition) is 1. The summed E-state index contributed by atoms with van der Waals surface area (Å²) in [6, 6.07) is 0. The van der Waals surface area contributed by atoms with E-state index in [0.29, 0.717) is 11.8 Å². The van der Waals surface area contributed by atoms with E-state index in [4.69, 9.17) is 0 Å². The first-order valence-corrected chi connectivity index (χ1v) is 6.48. The van der Waals surface area contributed by atoms with Gasteiger partial charge in [0.05, 0.1) is 5.60 Å². The van der Waals surface area contributed by atoms with Crippen molar-refractivity contribution < 1.29 is 5.11 Å². The van der Waals surface area contributed by atoms with Crippen LogP contribution >= 0.6 is 0 Å². The highest BCUT2D eigenvalue weighted by Crippen LogP contribution is 2.25. The Balaban J connectivity index is 2.79. The first kappa shape index (κ1) is 13.5. The normalized spacial score (nSPS) is 32.6.